The van der Waals surface area contributed by atoms with Crippen molar-refractivity contribution < 1.29 is 14.3 Å². The molecule has 1 atom stereocenters. The molecule has 9 heavy (non-hydrogen) atoms. The van der Waals surface area contributed by atoms with Crippen molar-refractivity contribution in [3.63, 3.8) is 0 Å². The Labute approximate surface area is 53.9 Å². The second-order valence-electron chi connectivity index (χ2n) is 2.02. The van der Waals surface area contributed by atoms with E-state index >= 15 is 0 Å². The highest BCUT2D eigenvalue weighted by atomic mass is 16.6. The zero-order valence-corrected chi connectivity index (χ0v) is 5.42. The van der Waals surface area contributed by atoms with Crippen molar-refractivity contribution in [2.24, 2.45) is 0 Å². The van der Waals surface area contributed by atoms with Gasteiger partial charge in [-0.1, -0.05) is 0 Å². The number of rotatable bonds is 1. The van der Waals surface area contributed by atoms with Crippen LogP contribution in [0.15, 0.2) is 0 Å². The molecule has 0 radical (unpaired) electrons. The first-order chi connectivity index (χ1) is 4.34. The standard InChI is InChI=1S/C6H10O3/c1-8-6(7)5-3-2-4-9-5/h5H,2-4H2,1H3/t5-/m1/s1. The van der Waals surface area contributed by atoms with Crippen LogP contribution in [0, 0.1) is 0 Å². The van der Waals surface area contributed by atoms with E-state index in [1.807, 2.05) is 0 Å². The van der Waals surface area contributed by atoms with Gasteiger partial charge in [-0.25, -0.2) is 4.79 Å². The molecule has 3 heteroatoms. The molecule has 0 N–H and O–H groups in total. The lowest BCUT2D eigenvalue weighted by molar-refractivity contribution is -0.151. The lowest BCUT2D eigenvalue weighted by Crippen LogP contribution is -2.20. The number of ether oxygens (including phenoxy) is 2. The zero-order chi connectivity index (χ0) is 6.69. The molecule has 0 aromatic heterocycles. The van der Waals surface area contributed by atoms with Crippen LogP contribution in [0.25, 0.3) is 0 Å². The Hall–Kier alpha value is -0.570. The first-order valence-corrected chi connectivity index (χ1v) is 3.04. The summed E-state index contributed by atoms with van der Waals surface area (Å²) < 4.78 is 9.50. The summed E-state index contributed by atoms with van der Waals surface area (Å²) in [6, 6.07) is 0. The van der Waals surface area contributed by atoms with Crippen LogP contribution in [0.2, 0.25) is 0 Å². The van der Waals surface area contributed by atoms with Gasteiger partial charge in [0, 0.05) is 6.61 Å². The van der Waals surface area contributed by atoms with E-state index in [2.05, 4.69) is 4.74 Å². The number of hydrogen-bond acceptors (Lipinski definition) is 3. The van der Waals surface area contributed by atoms with Gasteiger partial charge in [-0.15, -0.1) is 0 Å². The number of hydrogen-bond donors (Lipinski definition) is 0. The molecule has 1 fully saturated rings. The summed E-state index contributed by atoms with van der Waals surface area (Å²) in [7, 11) is 1.38. The Morgan fingerprint density at radius 1 is 1.78 bits per heavy atom. The highest BCUT2D eigenvalue weighted by molar-refractivity contribution is 5.74. The van der Waals surface area contributed by atoms with Crippen LogP contribution in [-0.2, 0) is 14.3 Å². The smallest absolute Gasteiger partial charge is 0.334 e. The maximum atomic E-state index is 10.7. The summed E-state index contributed by atoms with van der Waals surface area (Å²) in [5.41, 5.74) is 0. The topological polar surface area (TPSA) is 35.5 Å². The molecule has 0 amide bonds. The van der Waals surface area contributed by atoms with Gasteiger partial charge in [0.15, 0.2) is 6.10 Å². The van der Waals surface area contributed by atoms with Gasteiger partial charge < -0.3 is 9.47 Å². The highest BCUT2D eigenvalue weighted by Crippen LogP contribution is 2.12. The van der Waals surface area contributed by atoms with Crippen LogP contribution in [0.3, 0.4) is 0 Å². The Kier molecular flexibility index (Phi) is 2.05. The molecule has 0 aromatic carbocycles. The fourth-order valence-electron chi connectivity index (χ4n) is 0.895. The quantitative estimate of drug-likeness (QED) is 0.480. The van der Waals surface area contributed by atoms with Gasteiger partial charge >= 0.3 is 5.97 Å². The fourth-order valence-corrected chi connectivity index (χ4v) is 0.895. The second-order valence-corrected chi connectivity index (χ2v) is 2.02. The van der Waals surface area contributed by atoms with Crippen LogP contribution in [0.1, 0.15) is 12.8 Å². The van der Waals surface area contributed by atoms with E-state index in [0.29, 0.717) is 6.61 Å². The van der Waals surface area contributed by atoms with E-state index in [9.17, 15) is 4.79 Å². The van der Waals surface area contributed by atoms with Crippen molar-refractivity contribution in [2.75, 3.05) is 13.7 Å². The van der Waals surface area contributed by atoms with E-state index in [1.54, 1.807) is 0 Å². The first kappa shape index (κ1) is 6.55. The van der Waals surface area contributed by atoms with Crippen molar-refractivity contribution >= 4 is 5.97 Å². The molecular formula is C6H10O3. The third-order valence-electron chi connectivity index (χ3n) is 1.39. The summed E-state index contributed by atoms with van der Waals surface area (Å²) in [5, 5.41) is 0. The molecule has 0 aliphatic carbocycles. The molecule has 0 spiro atoms. The Balaban J connectivity index is 2.32. The van der Waals surface area contributed by atoms with E-state index in [0.717, 1.165) is 12.8 Å². The van der Waals surface area contributed by atoms with Crippen molar-refractivity contribution in [3.05, 3.63) is 0 Å². The van der Waals surface area contributed by atoms with Gasteiger partial charge in [0.05, 0.1) is 7.11 Å². The van der Waals surface area contributed by atoms with Crippen molar-refractivity contribution in [2.45, 2.75) is 18.9 Å². The van der Waals surface area contributed by atoms with Gasteiger partial charge in [-0.2, -0.15) is 0 Å². The lowest BCUT2D eigenvalue weighted by atomic mass is 10.2. The fraction of sp³-hybridized carbons (Fsp3) is 0.833. The predicted molar refractivity (Wildman–Crippen MR) is 31.0 cm³/mol. The minimum atomic E-state index is -0.282. The lowest BCUT2D eigenvalue weighted by Gasteiger charge is -2.04. The zero-order valence-electron chi connectivity index (χ0n) is 5.42. The molecule has 1 rings (SSSR count). The molecule has 1 aliphatic rings. The molecule has 52 valence electrons. The minimum absolute atomic E-state index is 0.243. The van der Waals surface area contributed by atoms with Gasteiger partial charge in [0.25, 0.3) is 0 Å². The van der Waals surface area contributed by atoms with E-state index in [-0.39, 0.29) is 12.1 Å². The summed E-state index contributed by atoms with van der Waals surface area (Å²) >= 11 is 0. The van der Waals surface area contributed by atoms with Crippen molar-refractivity contribution in [1.29, 1.82) is 0 Å². The van der Waals surface area contributed by atoms with Crippen molar-refractivity contribution in [3.8, 4) is 0 Å². The number of esters is 1. The van der Waals surface area contributed by atoms with Gasteiger partial charge in [-0.3, -0.25) is 0 Å². The molecule has 0 aromatic rings. The summed E-state index contributed by atoms with van der Waals surface area (Å²) in [5.74, 6) is -0.243. The third kappa shape index (κ3) is 1.42. The normalized spacial score (nSPS) is 26.1. The van der Waals surface area contributed by atoms with Gasteiger partial charge in [0.1, 0.15) is 0 Å². The Morgan fingerprint density at radius 3 is 3.00 bits per heavy atom. The molecule has 0 unspecified atom stereocenters. The van der Waals surface area contributed by atoms with Crippen LogP contribution in [-0.4, -0.2) is 25.8 Å². The SMILES string of the molecule is COC(=O)[C@H]1CCCO1. The molecule has 0 bridgehead atoms. The molecule has 3 nitrogen and oxygen atoms in total. The monoisotopic (exact) mass is 130 g/mol. The number of methoxy groups -OCH3 is 1. The van der Waals surface area contributed by atoms with Crippen LogP contribution >= 0.6 is 0 Å². The maximum Gasteiger partial charge on any atom is 0.334 e. The Bertz CT molecular complexity index is 105. The van der Waals surface area contributed by atoms with Crippen LogP contribution < -0.4 is 0 Å². The molecule has 1 saturated heterocycles. The number of carbonyl (C=O) groups is 1. The third-order valence-corrected chi connectivity index (χ3v) is 1.39. The summed E-state index contributed by atoms with van der Waals surface area (Å²) in [6.45, 7) is 0.694. The van der Waals surface area contributed by atoms with E-state index < -0.39 is 0 Å². The Morgan fingerprint density at radius 2 is 2.56 bits per heavy atom. The van der Waals surface area contributed by atoms with Crippen LogP contribution in [0.5, 0.6) is 0 Å². The minimum Gasteiger partial charge on any atom is -0.467 e. The van der Waals surface area contributed by atoms with E-state index in [4.69, 9.17) is 4.74 Å². The summed E-state index contributed by atoms with van der Waals surface area (Å²) in [6.07, 6.45) is 1.50. The average Bonchev–Trinajstić information content (AvgIpc) is 2.37. The second kappa shape index (κ2) is 2.82. The molecule has 1 aliphatic heterocycles. The van der Waals surface area contributed by atoms with Crippen LogP contribution in [0.4, 0.5) is 0 Å². The van der Waals surface area contributed by atoms with Crippen molar-refractivity contribution in [1.82, 2.24) is 0 Å². The number of carbonyl (C=O) groups excluding carboxylic acids is 1. The molecule has 1 heterocycles. The highest BCUT2D eigenvalue weighted by Gasteiger charge is 2.23. The largest absolute Gasteiger partial charge is 0.467 e. The summed E-state index contributed by atoms with van der Waals surface area (Å²) in [4.78, 5) is 10.7. The average molecular weight is 130 g/mol. The van der Waals surface area contributed by atoms with E-state index in [1.165, 1.54) is 7.11 Å². The molecule has 0 saturated carbocycles. The first-order valence-electron chi connectivity index (χ1n) is 3.04. The maximum absolute atomic E-state index is 10.7. The van der Waals surface area contributed by atoms with Gasteiger partial charge in [0.2, 0.25) is 0 Å². The van der Waals surface area contributed by atoms with Gasteiger partial charge in [-0.05, 0) is 12.8 Å². The predicted octanol–water partition coefficient (Wildman–Crippen LogP) is 0.338. The molecular weight excluding hydrogens is 120 g/mol.